The summed E-state index contributed by atoms with van der Waals surface area (Å²) in [6.45, 7) is 5.77. The molecule has 1 heterocycles. The van der Waals surface area contributed by atoms with Crippen LogP contribution in [-0.4, -0.2) is 36.8 Å². The van der Waals surface area contributed by atoms with Gasteiger partial charge >= 0.3 is 0 Å². The number of benzene rings is 2. The molecule has 1 aliphatic heterocycles. The van der Waals surface area contributed by atoms with Crippen molar-refractivity contribution in [2.75, 3.05) is 25.5 Å². The summed E-state index contributed by atoms with van der Waals surface area (Å²) in [6.07, 6.45) is 2.21. The molecule has 0 radical (unpaired) electrons. The first-order chi connectivity index (χ1) is 13.0. The standard InChI is InChI=1S/C22H26N2O3/c1-4-27-21-10-8-17(13-20(21)15(2)25)22(26)23-19-9-7-16-6-5-11-24(3)14-18(16)12-19/h7-10,12-13H,4-6,11,14H2,1-3H3,(H,23,26). The number of anilines is 1. The van der Waals surface area contributed by atoms with E-state index in [1.54, 1.807) is 18.2 Å². The van der Waals surface area contributed by atoms with E-state index < -0.39 is 0 Å². The number of carbonyl (C=O) groups is 2. The van der Waals surface area contributed by atoms with Crippen LogP contribution in [0.3, 0.4) is 0 Å². The molecule has 0 spiro atoms. The highest BCUT2D eigenvalue weighted by atomic mass is 16.5. The van der Waals surface area contributed by atoms with Crippen LogP contribution in [0.5, 0.6) is 5.75 Å². The highest BCUT2D eigenvalue weighted by Gasteiger charge is 2.15. The van der Waals surface area contributed by atoms with Crippen molar-refractivity contribution >= 4 is 17.4 Å². The topological polar surface area (TPSA) is 58.6 Å². The Bertz CT molecular complexity index is 861. The minimum atomic E-state index is -0.234. The molecule has 5 nitrogen and oxygen atoms in total. The number of rotatable bonds is 5. The number of carbonyl (C=O) groups excluding carboxylic acids is 2. The summed E-state index contributed by atoms with van der Waals surface area (Å²) in [5.41, 5.74) is 4.23. The van der Waals surface area contributed by atoms with Gasteiger partial charge in [0.15, 0.2) is 5.78 Å². The molecule has 0 bridgehead atoms. The fourth-order valence-electron chi connectivity index (χ4n) is 3.44. The molecule has 142 valence electrons. The highest BCUT2D eigenvalue weighted by molar-refractivity contribution is 6.07. The fourth-order valence-corrected chi connectivity index (χ4v) is 3.44. The number of hydrogen-bond acceptors (Lipinski definition) is 4. The van der Waals surface area contributed by atoms with Crippen LogP contribution in [0, 0.1) is 0 Å². The van der Waals surface area contributed by atoms with Gasteiger partial charge in [-0.05, 0) is 81.7 Å². The lowest BCUT2D eigenvalue weighted by Crippen LogP contribution is -2.17. The number of amides is 1. The Labute approximate surface area is 160 Å². The summed E-state index contributed by atoms with van der Waals surface area (Å²) in [5, 5.41) is 2.95. The van der Waals surface area contributed by atoms with E-state index in [-0.39, 0.29) is 11.7 Å². The first-order valence-electron chi connectivity index (χ1n) is 9.37. The van der Waals surface area contributed by atoms with Crippen molar-refractivity contribution in [1.29, 1.82) is 0 Å². The van der Waals surface area contributed by atoms with E-state index in [4.69, 9.17) is 4.74 Å². The summed E-state index contributed by atoms with van der Waals surface area (Å²) in [7, 11) is 2.11. The van der Waals surface area contributed by atoms with Crippen LogP contribution in [0.4, 0.5) is 5.69 Å². The number of Topliss-reactive ketones (excluding diaryl/α,β-unsaturated/α-hetero) is 1. The van der Waals surface area contributed by atoms with E-state index in [0.717, 1.165) is 31.6 Å². The van der Waals surface area contributed by atoms with Crippen LogP contribution >= 0.6 is 0 Å². The number of fused-ring (bicyclic) bond motifs is 1. The minimum Gasteiger partial charge on any atom is -0.493 e. The van der Waals surface area contributed by atoms with E-state index in [2.05, 4.69) is 29.4 Å². The first kappa shape index (κ1) is 19.1. The Hall–Kier alpha value is -2.66. The maximum atomic E-state index is 12.7. The molecule has 0 unspecified atom stereocenters. The van der Waals surface area contributed by atoms with E-state index >= 15 is 0 Å². The number of hydrogen-bond donors (Lipinski definition) is 1. The van der Waals surface area contributed by atoms with Crippen LogP contribution in [0.1, 0.15) is 52.1 Å². The monoisotopic (exact) mass is 366 g/mol. The van der Waals surface area contributed by atoms with Gasteiger partial charge in [0.25, 0.3) is 5.91 Å². The summed E-state index contributed by atoms with van der Waals surface area (Å²) in [6, 6.07) is 11.1. The van der Waals surface area contributed by atoms with Gasteiger partial charge in [0, 0.05) is 17.8 Å². The molecule has 3 rings (SSSR count). The lowest BCUT2D eigenvalue weighted by atomic mass is 10.0. The maximum Gasteiger partial charge on any atom is 0.255 e. The van der Waals surface area contributed by atoms with E-state index in [0.29, 0.717) is 23.5 Å². The number of aryl methyl sites for hydroxylation is 1. The van der Waals surface area contributed by atoms with Crippen molar-refractivity contribution in [3.8, 4) is 5.75 Å². The van der Waals surface area contributed by atoms with Crippen LogP contribution in [0.15, 0.2) is 36.4 Å². The zero-order chi connectivity index (χ0) is 19.4. The molecule has 0 fully saturated rings. The molecule has 0 aliphatic carbocycles. The predicted octanol–water partition coefficient (Wildman–Crippen LogP) is 3.92. The largest absolute Gasteiger partial charge is 0.493 e. The molecule has 1 aliphatic rings. The molecule has 0 saturated carbocycles. The van der Waals surface area contributed by atoms with Gasteiger partial charge in [-0.25, -0.2) is 0 Å². The zero-order valence-corrected chi connectivity index (χ0v) is 16.2. The van der Waals surface area contributed by atoms with Gasteiger partial charge in [-0.1, -0.05) is 6.07 Å². The molecule has 0 saturated heterocycles. The summed E-state index contributed by atoms with van der Waals surface area (Å²) in [4.78, 5) is 26.9. The number of ketones is 1. The quantitative estimate of drug-likeness (QED) is 0.815. The Balaban J connectivity index is 1.81. The first-order valence-corrected chi connectivity index (χ1v) is 9.37. The smallest absolute Gasteiger partial charge is 0.255 e. The molecule has 27 heavy (non-hydrogen) atoms. The SMILES string of the molecule is CCOc1ccc(C(=O)Nc2ccc3c(c2)CN(C)CCC3)cc1C(C)=O. The van der Waals surface area contributed by atoms with Crippen molar-refractivity contribution in [3.05, 3.63) is 58.7 Å². The van der Waals surface area contributed by atoms with Crippen LogP contribution in [0.2, 0.25) is 0 Å². The molecule has 5 heteroatoms. The highest BCUT2D eigenvalue weighted by Crippen LogP contribution is 2.24. The fraction of sp³-hybridized carbons (Fsp3) is 0.364. The van der Waals surface area contributed by atoms with Crippen LogP contribution < -0.4 is 10.1 Å². The van der Waals surface area contributed by atoms with Crippen molar-refractivity contribution in [1.82, 2.24) is 4.90 Å². The summed E-state index contributed by atoms with van der Waals surface area (Å²) in [5.74, 6) is 0.151. The molecule has 0 atom stereocenters. The van der Waals surface area contributed by atoms with Crippen LogP contribution in [-0.2, 0) is 13.0 Å². The third-order valence-electron chi connectivity index (χ3n) is 4.81. The maximum absolute atomic E-state index is 12.7. The van der Waals surface area contributed by atoms with E-state index in [1.807, 2.05) is 13.0 Å². The van der Waals surface area contributed by atoms with Crippen molar-refractivity contribution in [3.63, 3.8) is 0 Å². The zero-order valence-electron chi connectivity index (χ0n) is 16.2. The van der Waals surface area contributed by atoms with E-state index in [9.17, 15) is 9.59 Å². The van der Waals surface area contributed by atoms with Gasteiger partial charge in [0.2, 0.25) is 0 Å². The second-order valence-corrected chi connectivity index (χ2v) is 6.98. The van der Waals surface area contributed by atoms with Gasteiger partial charge in [0.1, 0.15) is 5.75 Å². The van der Waals surface area contributed by atoms with Gasteiger partial charge in [-0.2, -0.15) is 0 Å². The van der Waals surface area contributed by atoms with Gasteiger partial charge in [0.05, 0.1) is 12.2 Å². The summed E-state index contributed by atoms with van der Waals surface area (Å²) >= 11 is 0. The molecular formula is C22H26N2O3. The third-order valence-corrected chi connectivity index (χ3v) is 4.81. The molecule has 1 amide bonds. The summed E-state index contributed by atoms with van der Waals surface area (Å²) < 4.78 is 5.48. The second-order valence-electron chi connectivity index (χ2n) is 6.98. The lowest BCUT2D eigenvalue weighted by Gasteiger charge is -2.15. The molecular weight excluding hydrogens is 340 g/mol. The Morgan fingerprint density at radius 2 is 1.96 bits per heavy atom. The van der Waals surface area contributed by atoms with Crippen molar-refractivity contribution < 1.29 is 14.3 Å². The lowest BCUT2D eigenvalue weighted by molar-refractivity contribution is 0.101. The molecule has 1 N–H and O–H groups in total. The average molecular weight is 366 g/mol. The molecule has 2 aromatic rings. The van der Waals surface area contributed by atoms with Gasteiger partial charge < -0.3 is 15.0 Å². The second kappa shape index (κ2) is 8.35. The predicted molar refractivity (Wildman–Crippen MR) is 107 cm³/mol. The Morgan fingerprint density at radius 1 is 1.15 bits per heavy atom. The number of nitrogens with zero attached hydrogens (tertiary/aromatic N) is 1. The number of nitrogens with one attached hydrogen (secondary N) is 1. The number of ether oxygens (including phenoxy) is 1. The normalized spacial score (nSPS) is 14.2. The average Bonchev–Trinajstić information content (AvgIpc) is 2.82. The van der Waals surface area contributed by atoms with Crippen molar-refractivity contribution in [2.45, 2.75) is 33.2 Å². The van der Waals surface area contributed by atoms with Crippen molar-refractivity contribution in [2.24, 2.45) is 0 Å². The van der Waals surface area contributed by atoms with Gasteiger partial charge in [-0.15, -0.1) is 0 Å². The molecule has 0 aromatic heterocycles. The minimum absolute atomic E-state index is 0.124. The Morgan fingerprint density at radius 3 is 2.70 bits per heavy atom. The van der Waals surface area contributed by atoms with Crippen LogP contribution in [0.25, 0.3) is 0 Å². The van der Waals surface area contributed by atoms with Gasteiger partial charge in [-0.3, -0.25) is 9.59 Å². The molecule has 2 aromatic carbocycles. The third kappa shape index (κ3) is 4.55. The van der Waals surface area contributed by atoms with E-state index in [1.165, 1.54) is 18.1 Å². The Kier molecular flexibility index (Phi) is 5.91.